The molecule has 13 nitrogen and oxygen atoms in total. The molecule has 3 amide bonds. The third-order valence-electron chi connectivity index (χ3n) is 11.9. The van der Waals surface area contributed by atoms with Crippen LogP contribution in [0.1, 0.15) is 77.6 Å². The zero-order valence-electron chi connectivity index (χ0n) is 36.2. The zero-order valence-corrected chi connectivity index (χ0v) is 37.8. The number of thiophene rings is 2. The molecule has 4 atom stereocenters. The molecule has 324 valence electrons. The van der Waals surface area contributed by atoms with Crippen molar-refractivity contribution in [2.75, 3.05) is 27.3 Å². The predicted molar refractivity (Wildman–Crippen MR) is 247 cm³/mol. The molecule has 2 aliphatic heterocycles. The van der Waals surface area contributed by atoms with Crippen molar-refractivity contribution >= 4 is 61.2 Å². The highest BCUT2D eigenvalue weighted by Gasteiger charge is 2.38. The van der Waals surface area contributed by atoms with Crippen molar-refractivity contribution in [3.8, 4) is 33.5 Å². The second-order valence-corrected chi connectivity index (χ2v) is 18.3. The molecule has 4 unspecified atom stereocenters. The summed E-state index contributed by atoms with van der Waals surface area (Å²) in [6.07, 6.45) is 9.82. The number of benzene rings is 2. The molecule has 1 saturated heterocycles. The highest BCUT2D eigenvalue weighted by molar-refractivity contribution is 7.27. The van der Waals surface area contributed by atoms with Crippen LogP contribution in [0.2, 0.25) is 0 Å². The first-order valence-corrected chi connectivity index (χ1v) is 23.0. The van der Waals surface area contributed by atoms with Crippen molar-refractivity contribution in [3.63, 3.8) is 0 Å². The van der Waals surface area contributed by atoms with Crippen LogP contribution in [-0.4, -0.2) is 87.2 Å². The van der Waals surface area contributed by atoms with Gasteiger partial charge in [0, 0.05) is 40.7 Å². The van der Waals surface area contributed by atoms with E-state index in [4.69, 9.17) is 19.4 Å². The fourth-order valence-corrected chi connectivity index (χ4v) is 11.1. The van der Waals surface area contributed by atoms with Crippen LogP contribution in [0, 0.1) is 11.8 Å². The largest absolute Gasteiger partial charge is 0.453 e. The van der Waals surface area contributed by atoms with Gasteiger partial charge in [-0.25, -0.2) is 19.6 Å². The molecule has 1 fully saturated rings. The number of nitrogens with one attached hydrogen (secondary N) is 4. The number of allylic oxidation sites excluding steroid dienone is 1. The number of carbonyl (C=O) groups excluding carboxylic acids is 3. The average molecular weight is 875 g/mol. The third-order valence-corrected chi connectivity index (χ3v) is 14.0. The summed E-state index contributed by atoms with van der Waals surface area (Å²) in [5.74, 6) is 1.53. The number of methoxy groups -OCH3 is 2. The number of amides is 3. The standard InChI is InChI=1S/C47H54N8O5S2/c1-8-11-36(39(26(2)3)52-46(57)59-6)54-20-9-12-37(54)43-48-23-35(51-43)29-16-14-28(15-17-29)31-24-61-42-32(25-62-41(31)42)30-18-19-33-34(22-30)50-44(49-33)38-13-10-21-55(38)45(56)40(27(4)5)53-47(58)60-7/h9,11-12,14-19,22-27,37-40H,8,10,13,20-21H2,1-7H3,(H,48,51)(H,49,50)(H,52,57)(H,53,58)/b36-11+. The molecule has 0 spiro atoms. The maximum atomic E-state index is 13.7. The van der Waals surface area contributed by atoms with Gasteiger partial charge in [-0.05, 0) is 59.9 Å². The maximum absolute atomic E-state index is 13.7. The van der Waals surface area contributed by atoms with E-state index in [1.807, 2.05) is 31.0 Å². The number of hydrogen-bond donors (Lipinski definition) is 4. The number of H-pyrrole nitrogens is 2. The van der Waals surface area contributed by atoms with Gasteiger partial charge in [0.25, 0.3) is 0 Å². The molecule has 4 aromatic heterocycles. The molecule has 0 radical (unpaired) electrons. The molecule has 6 aromatic rings. The topological polar surface area (TPSA) is 158 Å². The molecule has 15 heteroatoms. The van der Waals surface area contributed by atoms with Gasteiger partial charge in [-0.1, -0.05) is 83.2 Å². The van der Waals surface area contributed by atoms with E-state index in [1.165, 1.54) is 34.7 Å². The Morgan fingerprint density at radius 2 is 1.50 bits per heavy atom. The van der Waals surface area contributed by atoms with E-state index in [2.05, 4.69) is 112 Å². The van der Waals surface area contributed by atoms with Crippen molar-refractivity contribution in [1.29, 1.82) is 0 Å². The molecule has 0 bridgehead atoms. The molecule has 0 aliphatic carbocycles. The monoisotopic (exact) mass is 874 g/mol. The number of nitrogens with zero attached hydrogens (tertiary/aromatic N) is 4. The molecular formula is C47H54N8O5S2. The van der Waals surface area contributed by atoms with E-state index in [9.17, 15) is 14.4 Å². The van der Waals surface area contributed by atoms with E-state index in [0.717, 1.165) is 70.0 Å². The number of imidazole rings is 2. The van der Waals surface area contributed by atoms with E-state index < -0.39 is 18.2 Å². The predicted octanol–water partition coefficient (Wildman–Crippen LogP) is 10.2. The number of alkyl carbamates (subject to hydrolysis) is 2. The summed E-state index contributed by atoms with van der Waals surface area (Å²) < 4.78 is 12.2. The number of hydrogen-bond acceptors (Lipinski definition) is 10. The fourth-order valence-electron chi connectivity index (χ4n) is 8.66. The van der Waals surface area contributed by atoms with Crippen LogP contribution in [0.4, 0.5) is 9.59 Å². The van der Waals surface area contributed by atoms with Crippen molar-refractivity contribution in [1.82, 2.24) is 40.4 Å². The van der Waals surface area contributed by atoms with Crippen LogP contribution < -0.4 is 10.6 Å². The summed E-state index contributed by atoms with van der Waals surface area (Å²) in [6.45, 7) is 11.5. The average Bonchev–Trinajstić information content (AvgIpc) is 4.12. The maximum Gasteiger partial charge on any atom is 0.407 e. The molecule has 2 aromatic carbocycles. The third kappa shape index (κ3) is 8.35. The van der Waals surface area contributed by atoms with Gasteiger partial charge in [0.2, 0.25) is 5.91 Å². The van der Waals surface area contributed by atoms with Crippen LogP contribution in [0.5, 0.6) is 0 Å². The number of ether oxygens (including phenoxy) is 2. The van der Waals surface area contributed by atoms with Crippen molar-refractivity contribution < 1.29 is 23.9 Å². The summed E-state index contributed by atoms with van der Waals surface area (Å²) in [6, 6.07) is 13.8. The van der Waals surface area contributed by atoms with Crippen LogP contribution in [0.25, 0.3) is 53.9 Å². The summed E-state index contributed by atoms with van der Waals surface area (Å²) in [5, 5.41) is 10.3. The Morgan fingerprint density at radius 3 is 2.16 bits per heavy atom. The van der Waals surface area contributed by atoms with Gasteiger partial charge in [0.15, 0.2) is 0 Å². The Kier molecular flexibility index (Phi) is 12.5. The second-order valence-electron chi connectivity index (χ2n) is 16.5. The van der Waals surface area contributed by atoms with Gasteiger partial charge >= 0.3 is 12.2 Å². The minimum Gasteiger partial charge on any atom is -0.453 e. The summed E-state index contributed by atoms with van der Waals surface area (Å²) in [4.78, 5) is 59.1. The van der Waals surface area contributed by atoms with Crippen LogP contribution in [0.3, 0.4) is 0 Å². The first-order valence-electron chi connectivity index (χ1n) is 21.3. The molecule has 0 saturated carbocycles. The molecular weight excluding hydrogens is 821 g/mol. The van der Waals surface area contributed by atoms with Gasteiger partial charge < -0.3 is 39.9 Å². The molecule has 6 heterocycles. The normalized spacial score (nSPS) is 17.7. The minimum absolute atomic E-state index is 0.0983. The number of rotatable bonds is 13. The Morgan fingerprint density at radius 1 is 0.855 bits per heavy atom. The first kappa shape index (κ1) is 42.7. The summed E-state index contributed by atoms with van der Waals surface area (Å²) >= 11 is 3.51. The number of carbonyl (C=O) groups is 3. The summed E-state index contributed by atoms with van der Waals surface area (Å²) in [7, 11) is 2.69. The highest BCUT2D eigenvalue weighted by Crippen LogP contribution is 2.45. The zero-order chi connectivity index (χ0) is 43.7. The SMILES string of the molecule is CC/C=C(\C(NC(=O)OC)C(C)C)N1CC=CC1c1ncc(-c2ccc(-c3csc4c(-c5ccc6nc(C7CCCN7C(=O)C(NC(=O)OC)C(C)C)[nH]c6c5)csc34)cc2)[nH]1. The number of aromatic amines is 2. The van der Waals surface area contributed by atoms with Gasteiger partial charge in [-0.3, -0.25) is 4.79 Å². The van der Waals surface area contributed by atoms with Gasteiger partial charge in [-0.2, -0.15) is 0 Å². The van der Waals surface area contributed by atoms with E-state index >= 15 is 0 Å². The smallest absolute Gasteiger partial charge is 0.407 e. The lowest BCUT2D eigenvalue weighted by atomic mass is 9.98. The number of likely N-dealkylation sites (tertiary alicyclic amines) is 1. The minimum atomic E-state index is -0.685. The van der Waals surface area contributed by atoms with Gasteiger partial charge in [-0.15, -0.1) is 22.7 Å². The van der Waals surface area contributed by atoms with Crippen molar-refractivity contribution in [2.45, 2.75) is 78.0 Å². The number of fused-ring (bicyclic) bond motifs is 2. The Bertz CT molecular complexity index is 2640. The lowest BCUT2D eigenvalue weighted by molar-refractivity contribution is -0.135. The number of aromatic nitrogens is 4. The Balaban J connectivity index is 0.986. The van der Waals surface area contributed by atoms with E-state index in [1.54, 1.807) is 22.7 Å². The quantitative estimate of drug-likeness (QED) is 0.0836. The second kappa shape index (κ2) is 18.2. The van der Waals surface area contributed by atoms with E-state index in [0.29, 0.717) is 13.1 Å². The fraction of sp³-hybridized carbons (Fsp3) is 0.383. The summed E-state index contributed by atoms with van der Waals surface area (Å²) in [5.41, 5.74) is 9.44. The molecule has 8 rings (SSSR count). The first-order chi connectivity index (χ1) is 30.0. The van der Waals surface area contributed by atoms with Crippen LogP contribution in [0.15, 0.2) is 83.3 Å². The molecule has 62 heavy (non-hydrogen) atoms. The lowest BCUT2D eigenvalue weighted by Gasteiger charge is -2.35. The van der Waals surface area contributed by atoms with Crippen LogP contribution >= 0.6 is 22.7 Å². The Hall–Kier alpha value is -5.93. The van der Waals surface area contributed by atoms with Gasteiger partial charge in [0.1, 0.15) is 23.7 Å². The Labute approximate surface area is 369 Å². The molecule has 2 aliphatic rings. The highest BCUT2D eigenvalue weighted by atomic mass is 32.1. The van der Waals surface area contributed by atoms with Crippen molar-refractivity contribution in [3.05, 3.63) is 95.0 Å². The van der Waals surface area contributed by atoms with Crippen molar-refractivity contribution in [2.24, 2.45) is 11.8 Å². The van der Waals surface area contributed by atoms with E-state index in [-0.39, 0.29) is 35.9 Å². The lowest BCUT2D eigenvalue weighted by Crippen LogP contribution is -2.51. The molecule has 4 N–H and O–H groups in total. The van der Waals surface area contributed by atoms with Gasteiger partial charge in [0.05, 0.1) is 58.6 Å². The van der Waals surface area contributed by atoms with Crippen LogP contribution in [-0.2, 0) is 14.3 Å².